The van der Waals surface area contributed by atoms with Gasteiger partial charge in [-0.15, -0.1) is 0 Å². The molecule has 0 bridgehead atoms. The molecule has 0 spiro atoms. The third-order valence-corrected chi connectivity index (χ3v) is 5.10. The first-order valence-corrected chi connectivity index (χ1v) is 9.05. The number of fused-ring (bicyclic) bond motifs is 3. The van der Waals surface area contributed by atoms with Crippen LogP contribution >= 0.6 is 11.6 Å². The van der Waals surface area contributed by atoms with Gasteiger partial charge in [-0.1, -0.05) is 37.6 Å². The number of para-hydroxylation sites is 1. The molecule has 2 aliphatic heterocycles. The number of hydrogen-bond donors (Lipinski definition) is 1. The molecule has 136 valence electrons. The summed E-state index contributed by atoms with van der Waals surface area (Å²) < 4.78 is 11.8. The molecule has 2 heterocycles. The first-order chi connectivity index (χ1) is 12.5. The fraction of sp³-hybridized carbons (Fsp3) is 0.350. The number of aromatic hydroxyl groups is 1. The van der Waals surface area contributed by atoms with E-state index in [1.807, 2.05) is 23.2 Å². The molecule has 0 fully saturated rings. The van der Waals surface area contributed by atoms with Crippen molar-refractivity contribution in [3.8, 4) is 17.2 Å². The highest BCUT2D eigenvalue weighted by Gasteiger charge is 2.42. The van der Waals surface area contributed by atoms with E-state index in [1.165, 1.54) is 0 Å². The van der Waals surface area contributed by atoms with Gasteiger partial charge in [0.25, 0.3) is 0 Å². The number of ether oxygens (including phenoxy) is 2. The van der Waals surface area contributed by atoms with Crippen LogP contribution in [0.5, 0.6) is 17.2 Å². The van der Waals surface area contributed by atoms with Gasteiger partial charge < -0.3 is 14.6 Å². The molecule has 0 radical (unpaired) electrons. The van der Waals surface area contributed by atoms with Gasteiger partial charge in [-0.05, 0) is 24.3 Å². The molecular formula is C20H21ClN2O3. The Labute approximate surface area is 157 Å². The number of methoxy groups -OCH3 is 1. The molecule has 0 aliphatic carbocycles. The molecule has 2 aromatic rings. The fourth-order valence-electron chi connectivity index (χ4n) is 3.61. The summed E-state index contributed by atoms with van der Waals surface area (Å²) in [5, 5.41) is 17.7. The van der Waals surface area contributed by atoms with Crippen molar-refractivity contribution in [3.63, 3.8) is 0 Å². The van der Waals surface area contributed by atoms with Gasteiger partial charge in [-0.3, -0.25) is 0 Å². The molecule has 0 amide bonds. The maximum absolute atomic E-state index is 10.3. The van der Waals surface area contributed by atoms with Gasteiger partial charge in [-0.2, -0.15) is 5.10 Å². The largest absolute Gasteiger partial charge is 0.507 e. The number of benzene rings is 2. The van der Waals surface area contributed by atoms with Crippen LogP contribution in [0.2, 0.25) is 5.02 Å². The van der Waals surface area contributed by atoms with Gasteiger partial charge in [0.1, 0.15) is 5.75 Å². The molecule has 4 rings (SSSR count). The Balaban J connectivity index is 1.80. The summed E-state index contributed by atoms with van der Waals surface area (Å²) in [4.78, 5) is 0. The van der Waals surface area contributed by atoms with Crippen LogP contribution in [0, 0.1) is 5.92 Å². The number of nitrogens with zero attached hydrogens (tertiary/aromatic N) is 2. The fourth-order valence-corrected chi connectivity index (χ4v) is 3.79. The van der Waals surface area contributed by atoms with Crippen molar-refractivity contribution in [2.75, 3.05) is 7.11 Å². The Morgan fingerprint density at radius 1 is 1.31 bits per heavy atom. The van der Waals surface area contributed by atoms with Gasteiger partial charge in [0.15, 0.2) is 17.7 Å². The quantitative estimate of drug-likeness (QED) is 0.856. The summed E-state index contributed by atoms with van der Waals surface area (Å²) in [6.07, 6.45) is 0.461. The summed E-state index contributed by atoms with van der Waals surface area (Å²) in [5.74, 6) is 1.92. The number of hydrogen-bond acceptors (Lipinski definition) is 5. The minimum Gasteiger partial charge on any atom is -0.507 e. The van der Waals surface area contributed by atoms with Crippen molar-refractivity contribution in [1.29, 1.82) is 0 Å². The number of rotatable bonds is 3. The van der Waals surface area contributed by atoms with Crippen molar-refractivity contribution in [2.24, 2.45) is 11.0 Å². The highest BCUT2D eigenvalue weighted by atomic mass is 35.5. The number of phenols is 1. The predicted molar refractivity (Wildman–Crippen MR) is 101 cm³/mol. The monoisotopic (exact) mass is 372 g/mol. The predicted octanol–water partition coefficient (Wildman–Crippen LogP) is 4.58. The summed E-state index contributed by atoms with van der Waals surface area (Å²) in [6.45, 7) is 4.21. The van der Waals surface area contributed by atoms with Crippen molar-refractivity contribution >= 4 is 17.3 Å². The van der Waals surface area contributed by atoms with Crippen molar-refractivity contribution in [3.05, 3.63) is 52.5 Å². The lowest BCUT2D eigenvalue weighted by atomic mass is 9.95. The molecule has 0 aromatic heterocycles. The van der Waals surface area contributed by atoms with Crippen LogP contribution < -0.4 is 9.47 Å². The minimum atomic E-state index is -0.206. The third-order valence-electron chi connectivity index (χ3n) is 4.87. The van der Waals surface area contributed by atoms with Crippen LogP contribution in [0.25, 0.3) is 0 Å². The van der Waals surface area contributed by atoms with Gasteiger partial charge in [0.05, 0.1) is 18.9 Å². The Kier molecular flexibility index (Phi) is 4.19. The Morgan fingerprint density at radius 3 is 2.85 bits per heavy atom. The molecule has 2 aromatic carbocycles. The number of halogens is 1. The maximum Gasteiger partial charge on any atom is 0.190 e. The lowest BCUT2D eigenvalue weighted by molar-refractivity contribution is -0.0476. The summed E-state index contributed by atoms with van der Waals surface area (Å²) in [6, 6.07) is 11.0. The SMILES string of the molecule is COc1cccc2c1O[C@@H](C(C)C)N1N=C(c3cc(Cl)ccc3O)C[C@H]21. The van der Waals surface area contributed by atoms with Crippen LogP contribution in [-0.2, 0) is 0 Å². The zero-order chi connectivity index (χ0) is 18.4. The number of phenolic OH excluding ortho intramolecular Hbond substituents is 1. The average molecular weight is 373 g/mol. The molecule has 26 heavy (non-hydrogen) atoms. The zero-order valence-corrected chi connectivity index (χ0v) is 15.7. The lowest BCUT2D eigenvalue weighted by Crippen LogP contribution is -2.43. The van der Waals surface area contributed by atoms with Gasteiger partial charge in [0.2, 0.25) is 0 Å². The zero-order valence-electron chi connectivity index (χ0n) is 14.9. The van der Waals surface area contributed by atoms with Gasteiger partial charge in [0, 0.05) is 28.5 Å². The van der Waals surface area contributed by atoms with Crippen LogP contribution in [0.1, 0.15) is 37.4 Å². The summed E-state index contributed by atoms with van der Waals surface area (Å²) in [5.41, 5.74) is 2.51. The molecule has 0 unspecified atom stereocenters. The Hall–Kier alpha value is -2.40. The van der Waals surface area contributed by atoms with Crippen LogP contribution in [-0.4, -0.2) is 29.2 Å². The van der Waals surface area contributed by atoms with E-state index in [4.69, 9.17) is 26.2 Å². The molecule has 0 saturated carbocycles. The van der Waals surface area contributed by atoms with Crippen LogP contribution in [0.15, 0.2) is 41.5 Å². The van der Waals surface area contributed by atoms with E-state index in [1.54, 1.807) is 25.3 Å². The van der Waals surface area contributed by atoms with Crippen molar-refractivity contribution in [1.82, 2.24) is 5.01 Å². The molecule has 2 aliphatic rings. The van der Waals surface area contributed by atoms with Crippen LogP contribution in [0.3, 0.4) is 0 Å². The topological polar surface area (TPSA) is 54.3 Å². The van der Waals surface area contributed by atoms with E-state index < -0.39 is 0 Å². The molecule has 5 nitrogen and oxygen atoms in total. The van der Waals surface area contributed by atoms with E-state index in [2.05, 4.69) is 13.8 Å². The van der Waals surface area contributed by atoms with E-state index in [9.17, 15) is 5.11 Å². The summed E-state index contributed by atoms with van der Waals surface area (Å²) in [7, 11) is 1.65. The lowest BCUT2D eigenvalue weighted by Gasteiger charge is -2.40. The standard InChI is InChI=1S/C20H21ClN2O3/c1-11(2)20-23-16(13-5-4-6-18(25-3)19(13)26-20)10-15(22-23)14-9-12(21)7-8-17(14)24/h4-9,11,16,20,24H,10H2,1-3H3/t16-,20+/m1/s1. The smallest absolute Gasteiger partial charge is 0.190 e. The highest BCUT2D eigenvalue weighted by Crippen LogP contribution is 2.48. The first kappa shape index (κ1) is 17.0. The van der Waals surface area contributed by atoms with E-state index >= 15 is 0 Å². The second-order valence-electron chi connectivity index (χ2n) is 6.94. The molecule has 0 saturated heterocycles. The molecule has 1 N–H and O–H groups in total. The second kappa shape index (κ2) is 6.40. The highest BCUT2D eigenvalue weighted by molar-refractivity contribution is 6.31. The second-order valence-corrected chi connectivity index (χ2v) is 7.38. The molecule has 6 heteroatoms. The van der Waals surface area contributed by atoms with E-state index in [0.29, 0.717) is 17.0 Å². The van der Waals surface area contributed by atoms with Crippen molar-refractivity contribution in [2.45, 2.75) is 32.5 Å². The van der Waals surface area contributed by atoms with Gasteiger partial charge in [-0.25, -0.2) is 5.01 Å². The molecular weight excluding hydrogens is 352 g/mol. The first-order valence-electron chi connectivity index (χ1n) is 8.68. The van der Waals surface area contributed by atoms with E-state index in [-0.39, 0.29) is 23.9 Å². The minimum absolute atomic E-state index is 0.0367. The normalized spacial score (nSPS) is 21.1. The Bertz CT molecular complexity index is 881. The third kappa shape index (κ3) is 2.67. The van der Waals surface area contributed by atoms with E-state index in [0.717, 1.165) is 22.8 Å². The Morgan fingerprint density at radius 2 is 2.12 bits per heavy atom. The number of hydrazone groups is 1. The molecule has 2 atom stereocenters. The van der Waals surface area contributed by atoms with Gasteiger partial charge >= 0.3 is 0 Å². The van der Waals surface area contributed by atoms with Crippen LogP contribution in [0.4, 0.5) is 0 Å². The average Bonchev–Trinajstić information content (AvgIpc) is 3.07. The van der Waals surface area contributed by atoms with Crippen molar-refractivity contribution < 1.29 is 14.6 Å². The maximum atomic E-state index is 10.3. The summed E-state index contributed by atoms with van der Waals surface area (Å²) >= 11 is 6.13.